The molecule has 2 rings (SSSR count). The Bertz CT molecular complexity index is 551. The van der Waals surface area contributed by atoms with Crippen molar-refractivity contribution >= 4 is 17.7 Å². The van der Waals surface area contributed by atoms with E-state index in [9.17, 15) is 4.79 Å². The zero-order valence-corrected chi connectivity index (χ0v) is 10.2. The van der Waals surface area contributed by atoms with Crippen molar-refractivity contribution in [1.29, 1.82) is 0 Å². The number of hydrogen-bond donors (Lipinski definition) is 1. The molecule has 0 atom stereocenters. The van der Waals surface area contributed by atoms with Gasteiger partial charge in [-0.1, -0.05) is 11.8 Å². The van der Waals surface area contributed by atoms with Crippen LogP contribution in [0.4, 0.5) is 0 Å². The lowest BCUT2D eigenvalue weighted by molar-refractivity contribution is 0.0692. The molecule has 0 aliphatic rings. The highest BCUT2D eigenvalue weighted by atomic mass is 32.2. The first kappa shape index (κ1) is 11.7. The SMILES string of the molecule is Cc1nn(C)c(Sc2ccncc2)c1C(=O)O. The van der Waals surface area contributed by atoms with Crippen LogP contribution in [0.3, 0.4) is 0 Å². The molecule has 0 spiro atoms. The van der Waals surface area contributed by atoms with E-state index in [2.05, 4.69) is 10.1 Å². The summed E-state index contributed by atoms with van der Waals surface area (Å²) in [7, 11) is 1.74. The van der Waals surface area contributed by atoms with Crippen molar-refractivity contribution < 1.29 is 9.90 Å². The van der Waals surface area contributed by atoms with E-state index in [0.717, 1.165) is 4.90 Å². The molecule has 0 amide bonds. The summed E-state index contributed by atoms with van der Waals surface area (Å²) < 4.78 is 1.59. The lowest BCUT2D eigenvalue weighted by Crippen LogP contribution is -2.00. The maximum Gasteiger partial charge on any atom is 0.340 e. The number of carboxylic acids is 1. The van der Waals surface area contributed by atoms with E-state index in [1.807, 2.05) is 12.1 Å². The molecular weight excluding hydrogens is 238 g/mol. The highest BCUT2D eigenvalue weighted by molar-refractivity contribution is 7.99. The second kappa shape index (κ2) is 4.58. The highest BCUT2D eigenvalue weighted by Gasteiger charge is 2.20. The maximum absolute atomic E-state index is 11.2. The Morgan fingerprint density at radius 2 is 2.06 bits per heavy atom. The second-order valence-electron chi connectivity index (χ2n) is 3.48. The molecule has 0 bridgehead atoms. The number of aromatic nitrogens is 3. The average Bonchev–Trinajstić information content (AvgIpc) is 2.55. The zero-order valence-electron chi connectivity index (χ0n) is 9.41. The molecule has 0 radical (unpaired) electrons. The first-order valence-electron chi connectivity index (χ1n) is 4.94. The fourth-order valence-electron chi connectivity index (χ4n) is 1.52. The number of pyridine rings is 1. The molecule has 2 aromatic heterocycles. The molecule has 17 heavy (non-hydrogen) atoms. The minimum absolute atomic E-state index is 0.259. The Labute approximate surface area is 102 Å². The van der Waals surface area contributed by atoms with Crippen molar-refractivity contribution in [2.24, 2.45) is 7.05 Å². The minimum atomic E-state index is -0.952. The zero-order chi connectivity index (χ0) is 12.4. The third-order valence-corrected chi connectivity index (χ3v) is 3.42. The van der Waals surface area contributed by atoms with Gasteiger partial charge in [0.25, 0.3) is 0 Å². The molecule has 0 aliphatic carbocycles. The van der Waals surface area contributed by atoms with Gasteiger partial charge in [-0.3, -0.25) is 9.67 Å². The summed E-state index contributed by atoms with van der Waals surface area (Å²) >= 11 is 1.37. The molecule has 0 aromatic carbocycles. The van der Waals surface area contributed by atoms with Gasteiger partial charge in [0.2, 0.25) is 0 Å². The van der Waals surface area contributed by atoms with E-state index in [0.29, 0.717) is 10.7 Å². The number of aryl methyl sites for hydroxylation is 2. The molecular formula is C11H11N3O2S. The van der Waals surface area contributed by atoms with Gasteiger partial charge in [0.05, 0.1) is 5.69 Å². The van der Waals surface area contributed by atoms with Gasteiger partial charge < -0.3 is 5.11 Å². The van der Waals surface area contributed by atoms with Crippen LogP contribution < -0.4 is 0 Å². The number of carbonyl (C=O) groups is 1. The van der Waals surface area contributed by atoms with Crippen LogP contribution in [0.15, 0.2) is 34.4 Å². The topological polar surface area (TPSA) is 68.0 Å². The summed E-state index contributed by atoms with van der Waals surface area (Å²) in [6.45, 7) is 1.69. The Hall–Kier alpha value is -1.82. The summed E-state index contributed by atoms with van der Waals surface area (Å²) in [6, 6.07) is 3.66. The van der Waals surface area contributed by atoms with Crippen LogP contribution in [0.2, 0.25) is 0 Å². The molecule has 88 valence electrons. The van der Waals surface area contributed by atoms with Crippen LogP contribution in [0, 0.1) is 6.92 Å². The van der Waals surface area contributed by atoms with Gasteiger partial charge in [0, 0.05) is 24.3 Å². The molecule has 2 aromatic rings. The lowest BCUT2D eigenvalue weighted by atomic mass is 10.3. The Kier molecular flexibility index (Phi) is 3.14. The van der Waals surface area contributed by atoms with E-state index in [1.165, 1.54) is 11.8 Å². The van der Waals surface area contributed by atoms with Crippen molar-refractivity contribution in [2.75, 3.05) is 0 Å². The molecule has 0 unspecified atom stereocenters. The number of carboxylic acid groups (broad SMARTS) is 1. The monoisotopic (exact) mass is 249 g/mol. The van der Waals surface area contributed by atoms with Gasteiger partial charge in [0.15, 0.2) is 0 Å². The number of hydrogen-bond acceptors (Lipinski definition) is 4. The third kappa shape index (κ3) is 2.31. The van der Waals surface area contributed by atoms with Gasteiger partial charge in [-0.25, -0.2) is 4.79 Å². The van der Waals surface area contributed by atoms with Crippen LogP contribution in [-0.4, -0.2) is 25.8 Å². The van der Waals surface area contributed by atoms with Crippen molar-refractivity contribution in [3.8, 4) is 0 Å². The van der Waals surface area contributed by atoms with E-state index in [-0.39, 0.29) is 5.56 Å². The number of nitrogens with zero attached hydrogens (tertiary/aromatic N) is 3. The lowest BCUT2D eigenvalue weighted by Gasteiger charge is -2.03. The van der Waals surface area contributed by atoms with Gasteiger partial charge >= 0.3 is 5.97 Å². The van der Waals surface area contributed by atoms with Crippen LogP contribution in [-0.2, 0) is 7.05 Å². The molecule has 1 N–H and O–H groups in total. The number of rotatable bonds is 3. The minimum Gasteiger partial charge on any atom is -0.478 e. The fourth-order valence-corrected chi connectivity index (χ4v) is 2.51. The summed E-state index contributed by atoms with van der Waals surface area (Å²) in [6.07, 6.45) is 3.35. The van der Waals surface area contributed by atoms with Crippen LogP contribution in [0.1, 0.15) is 16.1 Å². The van der Waals surface area contributed by atoms with Crippen LogP contribution in [0.25, 0.3) is 0 Å². The van der Waals surface area contributed by atoms with E-state index in [1.54, 1.807) is 31.0 Å². The molecule has 0 aliphatic heterocycles. The molecule has 5 nitrogen and oxygen atoms in total. The van der Waals surface area contributed by atoms with Crippen LogP contribution >= 0.6 is 11.8 Å². The van der Waals surface area contributed by atoms with Gasteiger partial charge in [0.1, 0.15) is 10.6 Å². The third-order valence-electron chi connectivity index (χ3n) is 2.25. The van der Waals surface area contributed by atoms with Crippen LogP contribution in [0.5, 0.6) is 0 Å². The summed E-state index contributed by atoms with van der Waals surface area (Å²) in [4.78, 5) is 16.0. The maximum atomic E-state index is 11.2. The average molecular weight is 249 g/mol. The molecule has 0 saturated carbocycles. The van der Waals surface area contributed by atoms with E-state index in [4.69, 9.17) is 5.11 Å². The normalized spacial score (nSPS) is 10.5. The van der Waals surface area contributed by atoms with Crippen molar-refractivity contribution in [2.45, 2.75) is 16.8 Å². The molecule has 2 heterocycles. The first-order chi connectivity index (χ1) is 8.09. The summed E-state index contributed by atoms with van der Waals surface area (Å²) in [5.41, 5.74) is 0.783. The highest BCUT2D eigenvalue weighted by Crippen LogP contribution is 2.31. The van der Waals surface area contributed by atoms with Gasteiger partial charge in [-0.2, -0.15) is 5.10 Å². The predicted molar refractivity (Wildman–Crippen MR) is 63.3 cm³/mol. The Morgan fingerprint density at radius 3 is 2.65 bits per heavy atom. The first-order valence-corrected chi connectivity index (χ1v) is 5.76. The Morgan fingerprint density at radius 1 is 1.41 bits per heavy atom. The summed E-state index contributed by atoms with van der Waals surface area (Å²) in [5, 5.41) is 13.9. The molecule has 6 heteroatoms. The summed E-state index contributed by atoms with van der Waals surface area (Å²) in [5.74, 6) is -0.952. The van der Waals surface area contributed by atoms with Crippen molar-refractivity contribution in [3.05, 3.63) is 35.8 Å². The Balaban J connectivity index is 2.42. The van der Waals surface area contributed by atoms with Crippen molar-refractivity contribution in [3.63, 3.8) is 0 Å². The molecule has 0 saturated heterocycles. The van der Waals surface area contributed by atoms with Gasteiger partial charge in [-0.05, 0) is 19.1 Å². The largest absolute Gasteiger partial charge is 0.478 e. The quantitative estimate of drug-likeness (QED) is 0.900. The van der Waals surface area contributed by atoms with E-state index >= 15 is 0 Å². The number of aromatic carboxylic acids is 1. The van der Waals surface area contributed by atoms with Gasteiger partial charge in [-0.15, -0.1) is 0 Å². The standard InChI is InChI=1S/C11H11N3O2S/c1-7-9(11(15)16)10(14(2)13-7)17-8-3-5-12-6-4-8/h3-6H,1-2H3,(H,15,16). The second-order valence-corrected chi connectivity index (χ2v) is 4.54. The van der Waals surface area contributed by atoms with Crippen molar-refractivity contribution in [1.82, 2.24) is 14.8 Å². The smallest absolute Gasteiger partial charge is 0.340 e. The fraction of sp³-hybridized carbons (Fsp3) is 0.182. The van der Waals surface area contributed by atoms with E-state index < -0.39 is 5.97 Å². The molecule has 0 fully saturated rings. The predicted octanol–water partition coefficient (Wildman–Crippen LogP) is 1.97.